The zero-order chi connectivity index (χ0) is 15.8. The summed E-state index contributed by atoms with van der Waals surface area (Å²) in [6.07, 6.45) is 0. The Kier molecular flexibility index (Phi) is 3.84. The largest absolute Gasteiger partial charge is 0.320 e. The number of carbonyl (C=O) groups is 1. The highest BCUT2D eigenvalue weighted by molar-refractivity contribution is 7.89. The summed E-state index contributed by atoms with van der Waals surface area (Å²) >= 11 is 0. The number of amides is 1. The molecular formula is C13H16N4O3S. The molecule has 112 valence electrons. The second-order valence-corrected chi connectivity index (χ2v) is 6.33. The average molecular weight is 308 g/mol. The van der Waals surface area contributed by atoms with Crippen molar-refractivity contribution in [1.82, 2.24) is 9.78 Å². The second-order valence-electron chi connectivity index (χ2n) is 4.77. The number of aromatic nitrogens is 2. The number of carbonyl (C=O) groups excluding carboxylic acids is 1. The number of benzene rings is 1. The molecule has 1 heterocycles. The first-order chi connectivity index (χ1) is 9.68. The minimum absolute atomic E-state index is 0.00868. The van der Waals surface area contributed by atoms with Crippen molar-refractivity contribution in [3.63, 3.8) is 0 Å². The Hall–Kier alpha value is -2.19. The number of sulfonamides is 1. The Morgan fingerprint density at radius 2 is 1.95 bits per heavy atom. The van der Waals surface area contributed by atoms with Gasteiger partial charge in [0.05, 0.1) is 10.6 Å². The van der Waals surface area contributed by atoms with Gasteiger partial charge in [0.2, 0.25) is 10.0 Å². The van der Waals surface area contributed by atoms with E-state index in [0.717, 1.165) is 5.69 Å². The minimum Gasteiger partial charge on any atom is -0.320 e. The first-order valence-electron chi connectivity index (χ1n) is 6.14. The van der Waals surface area contributed by atoms with Gasteiger partial charge in [-0.15, -0.1) is 0 Å². The van der Waals surface area contributed by atoms with Crippen molar-refractivity contribution < 1.29 is 13.2 Å². The lowest BCUT2D eigenvalue weighted by molar-refractivity contribution is 0.101. The van der Waals surface area contributed by atoms with Crippen molar-refractivity contribution in [2.45, 2.75) is 18.7 Å². The van der Waals surface area contributed by atoms with Crippen molar-refractivity contribution in [3.05, 3.63) is 41.2 Å². The van der Waals surface area contributed by atoms with Gasteiger partial charge in [0.25, 0.3) is 5.91 Å². The summed E-state index contributed by atoms with van der Waals surface area (Å²) in [5.74, 6) is -0.315. The number of nitrogens with zero attached hydrogens (tertiary/aromatic N) is 2. The lowest BCUT2D eigenvalue weighted by atomic mass is 10.2. The molecule has 0 aliphatic carbocycles. The van der Waals surface area contributed by atoms with E-state index in [1.165, 1.54) is 22.9 Å². The van der Waals surface area contributed by atoms with E-state index in [4.69, 9.17) is 5.14 Å². The predicted molar refractivity (Wildman–Crippen MR) is 78.5 cm³/mol. The predicted octanol–water partition coefficient (Wildman–Crippen LogP) is 0.937. The molecule has 0 aliphatic heterocycles. The van der Waals surface area contributed by atoms with Crippen LogP contribution in [0.1, 0.15) is 21.7 Å². The van der Waals surface area contributed by atoms with E-state index < -0.39 is 10.0 Å². The van der Waals surface area contributed by atoms with Crippen molar-refractivity contribution in [2.24, 2.45) is 12.2 Å². The fourth-order valence-corrected chi connectivity index (χ4v) is 2.56. The van der Waals surface area contributed by atoms with Gasteiger partial charge in [-0.05, 0) is 43.7 Å². The summed E-state index contributed by atoms with van der Waals surface area (Å²) in [5, 5.41) is 11.9. The smallest absolute Gasteiger partial charge is 0.273 e. The van der Waals surface area contributed by atoms with Gasteiger partial charge in [-0.3, -0.25) is 9.48 Å². The standard InChI is InChI=1S/C13H16N4O3S/c1-8-6-10(21(14,19)20)4-5-11(8)15-13(18)12-7-9(2)16-17(12)3/h4-7H,1-3H3,(H,15,18)(H2,14,19,20). The van der Waals surface area contributed by atoms with Crippen LogP contribution in [0.25, 0.3) is 0 Å². The van der Waals surface area contributed by atoms with Crippen molar-refractivity contribution in [3.8, 4) is 0 Å². The van der Waals surface area contributed by atoms with Gasteiger partial charge in [-0.25, -0.2) is 13.6 Å². The third kappa shape index (κ3) is 3.29. The van der Waals surface area contributed by atoms with E-state index in [9.17, 15) is 13.2 Å². The van der Waals surface area contributed by atoms with Crippen LogP contribution < -0.4 is 10.5 Å². The molecule has 1 aromatic heterocycles. The van der Waals surface area contributed by atoms with Crippen molar-refractivity contribution in [2.75, 3.05) is 5.32 Å². The van der Waals surface area contributed by atoms with Crippen LogP contribution in [0.5, 0.6) is 0 Å². The summed E-state index contributed by atoms with van der Waals surface area (Å²) < 4.78 is 24.0. The zero-order valence-electron chi connectivity index (χ0n) is 11.9. The highest BCUT2D eigenvalue weighted by atomic mass is 32.2. The maximum absolute atomic E-state index is 12.2. The Morgan fingerprint density at radius 1 is 1.29 bits per heavy atom. The summed E-state index contributed by atoms with van der Waals surface area (Å²) in [6.45, 7) is 3.49. The normalized spacial score (nSPS) is 11.4. The molecule has 0 unspecified atom stereocenters. The van der Waals surface area contributed by atoms with Crippen LogP contribution >= 0.6 is 0 Å². The van der Waals surface area contributed by atoms with Crippen molar-refractivity contribution >= 4 is 21.6 Å². The molecule has 21 heavy (non-hydrogen) atoms. The first-order valence-corrected chi connectivity index (χ1v) is 7.68. The third-order valence-electron chi connectivity index (χ3n) is 3.01. The molecular weight excluding hydrogens is 292 g/mol. The molecule has 0 fully saturated rings. The molecule has 8 heteroatoms. The molecule has 0 atom stereocenters. The van der Waals surface area contributed by atoms with Crippen LogP contribution in [0.2, 0.25) is 0 Å². The van der Waals surface area contributed by atoms with Crippen LogP contribution in [0, 0.1) is 13.8 Å². The summed E-state index contributed by atoms with van der Waals surface area (Å²) in [7, 11) is -2.07. The van der Waals surface area contributed by atoms with E-state index in [-0.39, 0.29) is 10.8 Å². The Morgan fingerprint density at radius 3 is 2.43 bits per heavy atom. The molecule has 0 saturated carbocycles. The molecule has 3 N–H and O–H groups in total. The minimum atomic E-state index is -3.75. The summed E-state index contributed by atoms with van der Waals surface area (Å²) in [5.41, 5.74) is 2.28. The molecule has 0 aliphatic rings. The van der Waals surface area contributed by atoms with E-state index >= 15 is 0 Å². The van der Waals surface area contributed by atoms with Crippen LogP contribution in [-0.2, 0) is 17.1 Å². The van der Waals surface area contributed by atoms with Gasteiger partial charge in [0.1, 0.15) is 5.69 Å². The van der Waals surface area contributed by atoms with E-state index in [1.807, 2.05) is 0 Å². The number of hydrogen-bond acceptors (Lipinski definition) is 4. The van der Waals surface area contributed by atoms with Gasteiger partial charge in [0, 0.05) is 12.7 Å². The number of rotatable bonds is 3. The maximum Gasteiger partial charge on any atom is 0.273 e. The number of aryl methyl sites for hydroxylation is 3. The SMILES string of the molecule is Cc1cc(C(=O)Nc2ccc(S(N)(=O)=O)cc2C)n(C)n1. The van der Waals surface area contributed by atoms with Crippen molar-refractivity contribution in [1.29, 1.82) is 0 Å². The molecule has 2 aromatic rings. The lowest BCUT2D eigenvalue weighted by Crippen LogP contribution is -2.17. The average Bonchev–Trinajstić information content (AvgIpc) is 2.69. The summed E-state index contributed by atoms with van der Waals surface area (Å²) in [6, 6.07) is 5.95. The molecule has 1 amide bonds. The monoisotopic (exact) mass is 308 g/mol. The van der Waals surface area contributed by atoms with Crippen LogP contribution in [-0.4, -0.2) is 24.1 Å². The molecule has 0 bridgehead atoms. The van der Waals surface area contributed by atoms with E-state index in [1.54, 1.807) is 27.0 Å². The number of primary sulfonamides is 1. The Balaban J connectivity index is 2.28. The third-order valence-corrected chi connectivity index (χ3v) is 3.92. The first kappa shape index (κ1) is 15.2. The second kappa shape index (κ2) is 5.30. The van der Waals surface area contributed by atoms with E-state index in [0.29, 0.717) is 16.9 Å². The number of nitrogens with two attached hydrogens (primary N) is 1. The lowest BCUT2D eigenvalue weighted by Gasteiger charge is -2.09. The van der Waals surface area contributed by atoms with Gasteiger partial charge in [0.15, 0.2) is 0 Å². The van der Waals surface area contributed by atoms with Gasteiger partial charge < -0.3 is 5.32 Å². The fraction of sp³-hybridized carbons (Fsp3) is 0.231. The molecule has 0 radical (unpaired) electrons. The molecule has 0 spiro atoms. The van der Waals surface area contributed by atoms with E-state index in [2.05, 4.69) is 10.4 Å². The van der Waals surface area contributed by atoms with Crippen LogP contribution in [0.4, 0.5) is 5.69 Å². The van der Waals surface area contributed by atoms with Crippen LogP contribution in [0.15, 0.2) is 29.2 Å². The van der Waals surface area contributed by atoms with Gasteiger partial charge in [-0.2, -0.15) is 5.10 Å². The highest BCUT2D eigenvalue weighted by Crippen LogP contribution is 2.19. The van der Waals surface area contributed by atoms with Gasteiger partial charge >= 0.3 is 0 Å². The van der Waals surface area contributed by atoms with Crippen LogP contribution in [0.3, 0.4) is 0 Å². The van der Waals surface area contributed by atoms with Gasteiger partial charge in [-0.1, -0.05) is 0 Å². The molecule has 7 nitrogen and oxygen atoms in total. The topological polar surface area (TPSA) is 107 Å². The molecule has 0 saturated heterocycles. The number of nitrogens with one attached hydrogen (secondary N) is 1. The summed E-state index contributed by atoms with van der Waals surface area (Å²) in [4.78, 5) is 12.2. The maximum atomic E-state index is 12.2. The highest BCUT2D eigenvalue weighted by Gasteiger charge is 2.14. The number of anilines is 1. The fourth-order valence-electron chi connectivity index (χ4n) is 1.96. The zero-order valence-corrected chi connectivity index (χ0v) is 12.7. The quantitative estimate of drug-likeness (QED) is 0.879. The molecule has 2 rings (SSSR count). The number of hydrogen-bond donors (Lipinski definition) is 2. The Bertz CT molecular complexity index is 809. The Labute approximate surface area is 122 Å². The molecule has 1 aromatic carbocycles.